The van der Waals surface area contributed by atoms with Gasteiger partial charge in [0.05, 0.1) is 11.0 Å². The predicted octanol–water partition coefficient (Wildman–Crippen LogP) is 2.54. The average Bonchev–Trinajstić information content (AvgIpc) is 2.62. The summed E-state index contributed by atoms with van der Waals surface area (Å²) in [6, 6.07) is 10.1. The molecule has 0 spiro atoms. The number of amides is 1. The summed E-state index contributed by atoms with van der Waals surface area (Å²) >= 11 is 0. The third-order valence-electron chi connectivity index (χ3n) is 5.20. The van der Waals surface area contributed by atoms with Gasteiger partial charge in [-0.05, 0) is 38.3 Å². The Balaban J connectivity index is 1.71. The number of piperazine rings is 1. The van der Waals surface area contributed by atoms with Crippen molar-refractivity contribution in [1.82, 2.24) is 9.80 Å². The van der Waals surface area contributed by atoms with E-state index in [2.05, 4.69) is 24.0 Å². The lowest BCUT2D eigenvalue weighted by molar-refractivity contribution is -0.133. The largest absolute Gasteiger partial charge is 0.340 e. The van der Waals surface area contributed by atoms with E-state index in [0.29, 0.717) is 12.8 Å². The van der Waals surface area contributed by atoms with Crippen LogP contribution in [0.5, 0.6) is 0 Å². The lowest BCUT2D eigenvalue weighted by Gasteiger charge is -2.35. The van der Waals surface area contributed by atoms with Crippen LogP contribution >= 0.6 is 0 Å². The molecule has 1 atom stereocenters. The molecule has 0 radical (unpaired) electrons. The average molecular weight is 381 g/mol. The minimum atomic E-state index is -2.95. The Morgan fingerprint density at radius 2 is 1.65 bits per heavy atom. The second-order valence-corrected chi connectivity index (χ2v) is 10.2. The van der Waals surface area contributed by atoms with E-state index in [-0.39, 0.29) is 22.8 Å². The molecule has 1 aliphatic heterocycles. The summed E-state index contributed by atoms with van der Waals surface area (Å²) in [5.41, 5.74) is 1.20. The van der Waals surface area contributed by atoms with Crippen LogP contribution in [0.15, 0.2) is 30.3 Å². The van der Waals surface area contributed by atoms with Gasteiger partial charge in [-0.15, -0.1) is 0 Å². The van der Waals surface area contributed by atoms with Crippen LogP contribution in [-0.4, -0.2) is 67.9 Å². The summed E-state index contributed by atoms with van der Waals surface area (Å²) in [5, 5.41) is -0.302. The first-order valence-corrected chi connectivity index (χ1v) is 11.3. The Bertz CT molecular complexity index is 666. The quantitative estimate of drug-likeness (QED) is 0.695. The molecule has 1 aromatic carbocycles. The number of carbonyl (C=O) groups excluding carboxylic acids is 1. The Labute approximate surface area is 158 Å². The van der Waals surface area contributed by atoms with Gasteiger partial charge in [-0.3, -0.25) is 9.69 Å². The second-order valence-electron chi connectivity index (χ2n) is 7.51. The van der Waals surface area contributed by atoms with Crippen molar-refractivity contribution in [3.8, 4) is 0 Å². The van der Waals surface area contributed by atoms with E-state index in [4.69, 9.17) is 0 Å². The van der Waals surface area contributed by atoms with E-state index >= 15 is 0 Å². The van der Waals surface area contributed by atoms with Crippen LogP contribution in [0.4, 0.5) is 0 Å². The van der Waals surface area contributed by atoms with Crippen molar-refractivity contribution in [1.29, 1.82) is 0 Å². The first-order chi connectivity index (χ1) is 12.3. The van der Waals surface area contributed by atoms with Crippen LogP contribution in [0, 0.1) is 0 Å². The third-order valence-corrected chi connectivity index (χ3v) is 7.49. The minimum absolute atomic E-state index is 0.211. The number of hydrogen-bond acceptors (Lipinski definition) is 4. The molecule has 26 heavy (non-hydrogen) atoms. The number of hydrogen-bond donors (Lipinski definition) is 0. The van der Waals surface area contributed by atoms with Gasteiger partial charge >= 0.3 is 0 Å². The number of sulfone groups is 1. The first-order valence-electron chi connectivity index (χ1n) is 9.56. The molecular formula is C20H32N2O3S. The Morgan fingerprint density at radius 3 is 2.23 bits per heavy atom. The third kappa shape index (κ3) is 6.09. The smallest absolute Gasteiger partial charge is 0.223 e. The van der Waals surface area contributed by atoms with Crippen LogP contribution < -0.4 is 0 Å². The Hall–Kier alpha value is -1.40. The summed E-state index contributed by atoms with van der Waals surface area (Å²) in [4.78, 5) is 16.7. The highest BCUT2D eigenvalue weighted by molar-refractivity contribution is 7.91. The zero-order valence-electron chi connectivity index (χ0n) is 16.2. The van der Waals surface area contributed by atoms with Crippen molar-refractivity contribution in [2.45, 2.75) is 44.8 Å². The molecule has 5 nitrogen and oxygen atoms in total. The van der Waals surface area contributed by atoms with Gasteiger partial charge in [0, 0.05) is 32.6 Å². The SMILES string of the molecule is CC(C)S(=O)(=O)CCCN1CCN(C(=O)C[C@@H](C)c2ccccc2)CC1. The van der Waals surface area contributed by atoms with Crippen molar-refractivity contribution in [3.63, 3.8) is 0 Å². The zero-order valence-corrected chi connectivity index (χ0v) is 17.0. The second kappa shape index (κ2) is 9.51. The van der Waals surface area contributed by atoms with Crippen LogP contribution in [0.25, 0.3) is 0 Å². The van der Waals surface area contributed by atoms with Crippen molar-refractivity contribution >= 4 is 15.7 Å². The van der Waals surface area contributed by atoms with Gasteiger partial charge < -0.3 is 4.90 Å². The van der Waals surface area contributed by atoms with Gasteiger partial charge in [0.1, 0.15) is 0 Å². The molecule has 0 bridgehead atoms. The number of rotatable bonds is 8. The van der Waals surface area contributed by atoms with E-state index in [1.54, 1.807) is 13.8 Å². The van der Waals surface area contributed by atoms with Gasteiger partial charge in [0.25, 0.3) is 0 Å². The summed E-state index contributed by atoms with van der Waals surface area (Å²) in [6.45, 7) is 9.47. The molecule has 1 saturated heterocycles. The summed E-state index contributed by atoms with van der Waals surface area (Å²) in [6.07, 6.45) is 1.20. The summed E-state index contributed by atoms with van der Waals surface area (Å²) in [7, 11) is -2.95. The molecule has 0 unspecified atom stereocenters. The molecule has 2 rings (SSSR count). The molecule has 1 aromatic rings. The Kier molecular flexibility index (Phi) is 7.65. The molecule has 146 valence electrons. The lowest BCUT2D eigenvalue weighted by Crippen LogP contribution is -2.49. The van der Waals surface area contributed by atoms with Crippen LogP contribution in [0.2, 0.25) is 0 Å². The maximum Gasteiger partial charge on any atom is 0.223 e. The molecule has 0 aliphatic carbocycles. The highest BCUT2D eigenvalue weighted by atomic mass is 32.2. The molecule has 1 amide bonds. The molecule has 0 saturated carbocycles. The topological polar surface area (TPSA) is 57.7 Å². The van der Waals surface area contributed by atoms with Gasteiger partial charge in [0.15, 0.2) is 9.84 Å². The maximum atomic E-state index is 12.5. The van der Waals surface area contributed by atoms with Crippen LogP contribution in [-0.2, 0) is 14.6 Å². The first kappa shape index (κ1) is 20.9. The summed E-state index contributed by atoms with van der Waals surface area (Å²) < 4.78 is 23.7. The van der Waals surface area contributed by atoms with Crippen LogP contribution in [0.1, 0.15) is 45.1 Å². The molecule has 1 aliphatic rings. The highest BCUT2D eigenvalue weighted by Gasteiger charge is 2.23. The maximum absolute atomic E-state index is 12.5. The molecule has 6 heteroatoms. The van der Waals surface area contributed by atoms with Crippen molar-refractivity contribution in [2.24, 2.45) is 0 Å². The van der Waals surface area contributed by atoms with Gasteiger partial charge in [-0.1, -0.05) is 37.3 Å². The molecule has 0 N–H and O–H groups in total. The number of nitrogens with zero attached hydrogens (tertiary/aromatic N) is 2. The van der Waals surface area contributed by atoms with Gasteiger partial charge in [0.2, 0.25) is 5.91 Å². The normalized spacial score (nSPS) is 17.5. The lowest BCUT2D eigenvalue weighted by atomic mass is 9.97. The van der Waals surface area contributed by atoms with E-state index in [0.717, 1.165) is 32.7 Å². The van der Waals surface area contributed by atoms with E-state index in [9.17, 15) is 13.2 Å². The monoisotopic (exact) mass is 380 g/mol. The summed E-state index contributed by atoms with van der Waals surface area (Å²) in [5.74, 6) is 0.685. The van der Waals surface area contributed by atoms with E-state index in [1.807, 2.05) is 23.1 Å². The fourth-order valence-electron chi connectivity index (χ4n) is 3.24. The molecule has 1 heterocycles. The predicted molar refractivity (Wildman–Crippen MR) is 106 cm³/mol. The zero-order chi connectivity index (χ0) is 19.2. The van der Waals surface area contributed by atoms with E-state index in [1.165, 1.54) is 5.56 Å². The van der Waals surface area contributed by atoms with Crippen molar-refractivity contribution in [2.75, 3.05) is 38.5 Å². The Morgan fingerprint density at radius 1 is 1.04 bits per heavy atom. The fraction of sp³-hybridized carbons (Fsp3) is 0.650. The van der Waals surface area contributed by atoms with Crippen molar-refractivity contribution in [3.05, 3.63) is 35.9 Å². The van der Waals surface area contributed by atoms with Gasteiger partial charge in [-0.25, -0.2) is 8.42 Å². The van der Waals surface area contributed by atoms with Gasteiger partial charge in [-0.2, -0.15) is 0 Å². The van der Waals surface area contributed by atoms with E-state index < -0.39 is 9.84 Å². The van der Waals surface area contributed by atoms with Crippen LogP contribution in [0.3, 0.4) is 0 Å². The molecule has 0 aromatic heterocycles. The minimum Gasteiger partial charge on any atom is -0.340 e. The molecule has 1 fully saturated rings. The number of benzene rings is 1. The number of carbonyl (C=O) groups is 1. The highest BCUT2D eigenvalue weighted by Crippen LogP contribution is 2.20. The fourth-order valence-corrected chi connectivity index (χ4v) is 4.24. The standard InChI is InChI=1S/C20H32N2O3S/c1-17(2)26(24,25)15-7-10-21-11-13-22(14-12-21)20(23)16-18(3)19-8-5-4-6-9-19/h4-6,8-9,17-18H,7,10-16H2,1-3H3/t18-/m1/s1. The molecular weight excluding hydrogens is 348 g/mol. The van der Waals surface area contributed by atoms with Crippen molar-refractivity contribution < 1.29 is 13.2 Å².